The fourth-order valence-corrected chi connectivity index (χ4v) is 0.898. The van der Waals surface area contributed by atoms with Gasteiger partial charge in [-0.25, -0.2) is 4.98 Å². The van der Waals surface area contributed by atoms with Gasteiger partial charge in [0.15, 0.2) is 0 Å². The van der Waals surface area contributed by atoms with Crippen LogP contribution < -0.4 is 5.32 Å². The van der Waals surface area contributed by atoms with Gasteiger partial charge in [-0.3, -0.25) is 4.79 Å². The lowest BCUT2D eigenvalue weighted by molar-refractivity contribution is -0.115. The van der Waals surface area contributed by atoms with Crippen LogP contribution in [0.3, 0.4) is 0 Å². The molecule has 3 heteroatoms. The molecule has 0 saturated heterocycles. The second kappa shape index (κ2) is 4.40. The molecule has 0 saturated carbocycles. The van der Waals surface area contributed by atoms with Crippen LogP contribution in [-0.4, -0.2) is 10.9 Å². The molecule has 0 atom stereocenters. The van der Waals surface area contributed by atoms with E-state index in [1.807, 2.05) is 13.0 Å². The second-order valence-corrected chi connectivity index (χ2v) is 2.90. The Morgan fingerprint density at radius 2 is 2.38 bits per heavy atom. The zero-order valence-electron chi connectivity index (χ0n) is 7.58. The molecule has 1 rings (SSSR count). The molecule has 68 valence electrons. The third-order valence-electron chi connectivity index (χ3n) is 1.39. The van der Waals surface area contributed by atoms with Gasteiger partial charge in [0.25, 0.3) is 0 Å². The van der Waals surface area contributed by atoms with E-state index in [4.69, 9.17) is 0 Å². The van der Waals surface area contributed by atoms with Crippen molar-refractivity contribution in [3.63, 3.8) is 0 Å². The van der Waals surface area contributed by atoms with Gasteiger partial charge in [0.2, 0.25) is 5.91 Å². The van der Waals surface area contributed by atoms with E-state index in [1.165, 1.54) is 0 Å². The number of rotatable bonds is 3. The Balaban J connectivity index is 2.50. The number of pyridine rings is 1. The van der Waals surface area contributed by atoms with Gasteiger partial charge in [-0.05, 0) is 19.1 Å². The molecule has 0 fully saturated rings. The van der Waals surface area contributed by atoms with Gasteiger partial charge in [-0.1, -0.05) is 18.2 Å². The molecule has 0 bridgehead atoms. The third kappa shape index (κ3) is 3.51. The lowest BCUT2D eigenvalue weighted by atomic mass is 10.2. The van der Waals surface area contributed by atoms with Crippen LogP contribution >= 0.6 is 0 Å². The second-order valence-electron chi connectivity index (χ2n) is 2.90. The van der Waals surface area contributed by atoms with Crippen molar-refractivity contribution in [2.75, 3.05) is 5.32 Å². The van der Waals surface area contributed by atoms with Crippen LogP contribution in [0.25, 0.3) is 0 Å². The van der Waals surface area contributed by atoms with E-state index in [2.05, 4.69) is 16.9 Å². The Labute approximate surface area is 77.5 Å². The molecule has 1 N–H and O–H groups in total. The van der Waals surface area contributed by atoms with Gasteiger partial charge >= 0.3 is 0 Å². The number of hydrogen-bond acceptors (Lipinski definition) is 2. The normalized spacial score (nSPS) is 9.31. The Bertz CT molecular complexity index is 306. The summed E-state index contributed by atoms with van der Waals surface area (Å²) in [6.45, 7) is 5.47. The first kappa shape index (κ1) is 9.45. The van der Waals surface area contributed by atoms with Crippen LogP contribution in [0.5, 0.6) is 0 Å². The van der Waals surface area contributed by atoms with Gasteiger partial charge in [0.05, 0.1) is 0 Å². The molecular weight excluding hydrogens is 164 g/mol. The fourth-order valence-electron chi connectivity index (χ4n) is 0.898. The molecule has 0 aliphatic carbocycles. The molecule has 0 aromatic carbocycles. The van der Waals surface area contributed by atoms with Gasteiger partial charge < -0.3 is 5.32 Å². The number of amides is 1. The maximum Gasteiger partial charge on any atom is 0.229 e. The molecule has 1 aromatic rings. The minimum atomic E-state index is -0.0776. The molecule has 3 nitrogen and oxygen atoms in total. The first-order valence-corrected chi connectivity index (χ1v) is 4.04. The maximum absolute atomic E-state index is 11.2. The highest BCUT2D eigenvalue weighted by Gasteiger charge is 2.01. The number of carbonyl (C=O) groups is 1. The summed E-state index contributed by atoms with van der Waals surface area (Å²) in [7, 11) is 0. The summed E-state index contributed by atoms with van der Waals surface area (Å²) in [5.41, 5.74) is 0.841. The van der Waals surface area contributed by atoms with Crippen molar-refractivity contribution < 1.29 is 4.79 Å². The predicted molar refractivity (Wildman–Crippen MR) is 52.3 cm³/mol. The molecular formula is C10H12N2O. The van der Waals surface area contributed by atoms with Crippen molar-refractivity contribution in [2.45, 2.75) is 13.3 Å². The topological polar surface area (TPSA) is 42.0 Å². The van der Waals surface area contributed by atoms with E-state index in [0.29, 0.717) is 12.2 Å². The van der Waals surface area contributed by atoms with Gasteiger partial charge in [-0.2, -0.15) is 0 Å². The number of anilines is 1. The molecule has 1 amide bonds. The van der Waals surface area contributed by atoms with Gasteiger partial charge in [-0.15, -0.1) is 0 Å². The van der Waals surface area contributed by atoms with Crippen molar-refractivity contribution in [2.24, 2.45) is 0 Å². The monoisotopic (exact) mass is 176 g/mol. The first-order valence-electron chi connectivity index (χ1n) is 4.04. The average molecular weight is 176 g/mol. The van der Waals surface area contributed by atoms with Gasteiger partial charge in [0, 0.05) is 12.6 Å². The van der Waals surface area contributed by atoms with E-state index in [-0.39, 0.29) is 5.91 Å². The lowest BCUT2D eigenvalue weighted by Crippen LogP contribution is -2.12. The summed E-state index contributed by atoms with van der Waals surface area (Å²) >= 11 is 0. The Kier molecular flexibility index (Phi) is 3.20. The average Bonchev–Trinajstić information content (AvgIpc) is 2.04. The highest BCUT2D eigenvalue weighted by molar-refractivity contribution is 5.91. The van der Waals surface area contributed by atoms with Crippen molar-refractivity contribution >= 4 is 11.7 Å². The zero-order chi connectivity index (χ0) is 9.68. The minimum Gasteiger partial charge on any atom is -0.310 e. The molecule has 0 unspecified atom stereocenters. The smallest absolute Gasteiger partial charge is 0.229 e. The minimum absolute atomic E-state index is 0.0776. The van der Waals surface area contributed by atoms with Crippen LogP contribution in [-0.2, 0) is 4.79 Å². The number of nitrogens with one attached hydrogen (secondary N) is 1. The molecule has 1 aromatic heterocycles. The predicted octanol–water partition coefficient (Wildman–Crippen LogP) is 1.99. The Hall–Kier alpha value is -1.64. The van der Waals surface area contributed by atoms with Crippen LogP contribution in [0.2, 0.25) is 0 Å². The van der Waals surface area contributed by atoms with Crippen molar-refractivity contribution in [3.8, 4) is 0 Å². The van der Waals surface area contributed by atoms with Crippen molar-refractivity contribution in [1.82, 2.24) is 4.98 Å². The number of hydrogen-bond donors (Lipinski definition) is 1. The number of nitrogens with zero attached hydrogens (tertiary/aromatic N) is 1. The summed E-state index contributed by atoms with van der Waals surface area (Å²) in [6.07, 6.45) is 1.98. The lowest BCUT2D eigenvalue weighted by Gasteiger charge is -2.02. The maximum atomic E-state index is 11.2. The fraction of sp³-hybridized carbons (Fsp3) is 0.200. The highest BCUT2D eigenvalue weighted by atomic mass is 16.1. The molecule has 13 heavy (non-hydrogen) atoms. The molecule has 0 aliphatic rings. The summed E-state index contributed by atoms with van der Waals surface area (Å²) in [5.74, 6) is 0.500. The Morgan fingerprint density at radius 1 is 1.62 bits per heavy atom. The van der Waals surface area contributed by atoms with E-state index in [1.54, 1.807) is 18.3 Å². The van der Waals surface area contributed by atoms with Crippen LogP contribution in [0.4, 0.5) is 5.82 Å². The van der Waals surface area contributed by atoms with E-state index < -0.39 is 0 Å². The summed E-state index contributed by atoms with van der Waals surface area (Å²) in [6, 6.07) is 5.37. The molecule has 0 aliphatic heterocycles. The molecule has 1 heterocycles. The quantitative estimate of drug-likeness (QED) is 0.715. The highest BCUT2D eigenvalue weighted by Crippen LogP contribution is 2.03. The van der Waals surface area contributed by atoms with E-state index >= 15 is 0 Å². The van der Waals surface area contributed by atoms with Gasteiger partial charge in [0.1, 0.15) is 5.82 Å². The zero-order valence-corrected chi connectivity index (χ0v) is 7.58. The number of carbonyl (C=O) groups excluding carboxylic acids is 1. The van der Waals surface area contributed by atoms with Crippen molar-refractivity contribution in [1.29, 1.82) is 0 Å². The third-order valence-corrected chi connectivity index (χ3v) is 1.39. The van der Waals surface area contributed by atoms with Crippen LogP contribution in [0.15, 0.2) is 36.5 Å². The molecule has 0 spiro atoms. The van der Waals surface area contributed by atoms with Crippen LogP contribution in [0.1, 0.15) is 13.3 Å². The molecule has 0 radical (unpaired) electrons. The summed E-state index contributed by atoms with van der Waals surface area (Å²) in [5, 5.41) is 2.66. The summed E-state index contributed by atoms with van der Waals surface area (Å²) in [4.78, 5) is 15.2. The largest absolute Gasteiger partial charge is 0.310 e. The SMILES string of the molecule is C=C(C)CC(=O)Nc1ccccn1. The van der Waals surface area contributed by atoms with Crippen molar-refractivity contribution in [3.05, 3.63) is 36.5 Å². The van der Waals surface area contributed by atoms with E-state index in [0.717, 1.165) is 5.57 Å². The Morgan fingerprint density at radius 3 is 2.92 bits per heavy atom. The standard InChI is InChI=1S/C10H12N2O/c1-8(2)7-10(13)12-9-5-3-4-6-11-9/h3-6H,1,7H2,2H3,(H,11,12,13). The van der Waals surface area contributed by atoms with E-state index in [9.17, 15) is 4.79 Å². The van der Waals surface area contributed by atoms with Crippen LogP contribution in [0, 0.1) is 0 Å². The number of aromatic nitrogens is 1. The summed E-state index contributed by atoms with van der Waals surface area (Å²) < 4.78 is 0. The first-order chi connectivity index (χ1) is 6.18.